The van der Waals surface area contributed by atoms with Crippen LogP contribution in [0.25, 0.3) is 11.3 Å². The second kappa shape index (κ2) is 6.81. The van der Waals surface area contributed by atoms with Gasteiger partial charge in [0.05, 0.1) is 16.8 Å². The van der Waals surface area contributed by atoms with Gasteiger partial charge in [-0.2, -0.15) is 5.10 Å². The molecule has 134 valence electrons. The molecule has 2 aromatic carbocycles. The molecule has 0 aliphatic carbocycles. The number of benzene rings is 2. The highest BCUT2D eigenvalue weighted by Gasteiger charge is 2.35. The molecule has 3 aromatic rings. The van der Waals surface area contributed by atoms with Gasteiger partial charge in [0.1, 0.15) is 5.69 Å². The molecule has 1 aliphatic rings. The van der Waals surface area contributed by atoms with Crippen LogP contribution >= 0.6 is 15.9 Å². The molecule has 0 bridgehead atoms. The number of aromatic nitrogens is 2. The molecule has 2 heterocycles. The summed E-state index contributed by atoms with van der Waals surface area (Å²) in [6, 6.07) is 15.5. The molecule has 8 heteroatoms. The third kappa shape index (κ3) is 3.15. The Kier molecular flexibility index (Phi) is 4.33. The molecule has 0 fully saturated rings. The number of halogens is 1. The molecule has 1 aliphatic heterocycles. The minimum Gasteiger partial charge on any atom is -0.439 e. The summed E-state index contributed by atoms with van der Waals surface area (Å²) in [5.74, 6) is -1.67. The lowest BCUT2D eigenvalue weighted by Gasteiger charge is -2.13. The quantitative estimate of drug-likeness (QED) is 0.511. The number of amides is 2. The molecule has 2 amide bonds. The highest BCUT2D eigenvalue weighted by Crippen LogP contribution is 2.23. The second-order valence-electron chi connectivity index (χ2n) is 5.82. The van der Waals surface area contributed by atoms with E-state index in [2.05, 4.69) is 26.1 Å². The summed E-state index contributed by atoms with van der Waals surface area (Å²) in [5.41, 5.74) is 2.14. The smallest absolute Gasteiger partial charge is 0.358 e. The Labute approximate surface area is 162 Å². The van der Waals surface area contributed by atoms with Crippen molar-refractivity contribution in [2.45, 2.75) is 0 Å². The predicted octanol–water partition coefficient (Wildman–Crippen LogP) is 3.25. The SMILES string of the molecule is O=C(OCN1C(=O)c2ccccc2C1=O)c1cc(-c2ccc(Br)cc2)n[nH]1. The van der Waals surface area contributed by atoms with Crippen molar-refractivity contribution in [2.75, 3.05) is 6.73 Å². The predicted molar refractivity (Wildman–Crippen MR) is 98.9 cm³/mol. The lowest BCUT2D eigenvalue weighted by atomic mass is 10.1. The van der Waals surface area contributed by atoms with Crippen LogP contribution in [-0.2, 0) is 4.74 Å². The van der Waals surface area contributed by atoms with Crippen molar-refractivity contribution >= 4 is 33.7 Å². The summed E-state index contributed by atoms with van der Waals surface area (Å²) in [7, 11) is 0. The Bertz CT molecular complexity index is 1020. The van der Waals surface area contributed by atoms with Crippen LogP contribution in [0, 0.1) is 0 Å². The van der Waals surface area contributed by atoms with E-state index in [1.165, 1.54) is 0 Å². The molecule has 4 rings (SSSR count). The zero-order valence-corrected chi connectivity index (χ0v) is 15.4. The van der Waals surface area contributed by atoms with Crippen molar-refractivity contribution in [3.8, 4) is 11.3 Å². The molecule has 0 atom stereocenters. The van der Waals surface area contributed by atoms with E-state index in [0.29, 0.717) is 16.8 Å². The van der Waals surface area contributed by atoms with Crippen molar-refractivity contribution in [3.05, 3.63) is 75.9 Å². The van der Waals surface area contributed by atoms with Crippen molar-refractivity contribution in [1.82, 2.24) is 15.1 Å². The monoisotopic (exact) mass is 425 g/mol. The normalized spacial score (nSPS) is 13.0. The van der Waals surface area contributed by atoms with Gasteiger partial charge in [0.25, 0.3) is 11.8 Å². The minimum atomic E-state index is -0.706. The van der Waals surface area contributed by atoms with Gasteiger partial charge in [-0.3, -0.25) is 14.7 Å². The summed E-state index contributed by atoms with van der Waals surface area (Å²) in [6.07, 6.45) is 0. The van der Waals surface area contributed by atoms with E-state index < -0.39 is 24.5 Å². The van der Waals surface area contributed by atoms with Gasteiger partial charge in [-0.25, -0.2) is 9.69 Å². The number of H-pyrrole nitrogens is 1. The van der Waals surface area contributed by atoms with Gasteiger partial charge < -0.3 is 4.74 Å². The second-order valence-corrected chi connectivity index (χ2v) is 6.73. The summed E-state index contributed by atoms with van der Waals surface area (Å²) in [4.78, 5) is 37.7. The molecule has 0 radical (unpaired) electrons. The Morgan fingerprint density at radius 3 is 2.30 bits per heavy atom. The number of aromatic amines is 1. The van der Waals surface area contributed by atoms with Gasteiger partial charge in [0, 0.05) is 10.0 Å². The van der Waals surface area contributed by atoms with Crippen LogP contribution in [0.5, 0.6) is 0 Å². The fraction of sp³-hybridized carbons (Fsp3) is 0.0526. The van der Waals surface area contributed by atoms with Gasteiger partial charge in [-0.15, -0.1) is 0 Å². The standard InChI is InChI=1S/C19H12BrN3O4/c20-12-7-5-11(6-8-12)15-9-16(22-21-15)19(26)27-10-23-17(24)13-3-1-2-4-14(13)18(23)25/h1-9H,10H2,(H,21,22). The van der Waals surface area contributed by atoms with Crippen LogP contribution in [-0.4, -0.2) is 39.6 Å². The maximum absolute atomic E-state index is 12.3. The number of esters is 1. The highest BCUT2D eigenvalue weighted by atomic mass is 79.9. The van der Waals surface area contributed by atoms with Crippen LogP contribution in [0.3, 0.4) is 0 Å². The number of imide groups is 1. The summed E-state index contributed by atoms with van der Waals surface area (Å²) < 4.78 is 6.05. The topological polar surface area (TPSA) is 92.4 Å². The number of hydrogen-bond acceptors (Lipinski definition) is 5. The molecule has 1 aromatic heterocycles. The average molecular weight is 426 g/mol. The van der Waals surface area contributed by atoms with E-state index in [1.807, 2.05) is 24.3 Å². The third-order valence-corrected chi connectivity index (χ3v) is 4.67. The number of nitrogens with one attached hydrogen (secondary N) is 1. The van der Waals surface area contributed by atoms with E-state index in [1.54, 1.807) is 30.3 Å². The van der Waals surface area contributed by atoms with Gasteiger partial charge in [0.15, 0.2) is 6.73 Å². The Hall–Kier alpha value is -3.26. The molecule has 7 nitrogen and oxygen atoms in total. The van der Waals surface area contributed by atoms with Crippen LogP contribution in [0.1, 0.15) is 31.2 Å². The molecule has 0 saturated heterocycles. The zero-order valence-electron chi connectivity index (χ0n) is 13.8. The van der Waals surface area contributed by atoms with Crippen molar-refractivity contribution in [1.29, 1.82) is 0 Å². The van der Waals surface area contributed by atoms with Crippen LogP contribution in [0.2, 0.25) is 0 Å². The Morgan fingerprint density at radius 1 is 1.04 bits per heavy atom. The molecule has 0 unspecified atom stereocenters. The maximum Gasteiger partial charge on any atom is 0.358 e. The number of ether oxygens (including phenoxy) is 1. The number of carbonyl (C=O) groups is 3. The van der Waals surface area contributed by atoms with E-state index in [4.69, 9.17) is 4.74 Å². The van der Waals surface area contributed by atoms with E-state index in [9.17, 15) is 14.4 Å². The van der Waals surface area contributed by atoms with E-state index in [0.717, 1.165) is 14.9 Å². The lowest BCUT2D eigenvalue weighted by molar-refractivity contribution is 0.0223. The molecular weight excluding hydrogens is 414 g/mol. The third-order valence-electron chi connectivity index (χ3n) is 4.14. The summed E-state index contributed by atoms with van der Waals surface area (Å²) >= 11 is 3.36. The van der Waals surface area contributed by atoms with E-state index in [-0.39, 0.29) is 5.69 Å². The summed E-state index contributed by atoms with van der Waals surface area (Å²) in [5, 5.41) is 6.70. The minimum absolute atomic E-state index is 0.129. The first kappa shape index (κ1) is 17.2. The lowest BCUT2D eigenvalue weighted by Crippen LogP contribution is -2.33. The summed E-state index contributed by atoms with van der Waals surface area (Å²) in [6.45, 7) is -0.460. The molecule has 0 saturated carbocycles. The fourth-order valence-electron chi connectivity index (χ4n) is 2.75. The molecule has 1 N–H and O–H groups in total. The highest BCUT2D eigenvalue weighted by molar-refractivity contribution is 9.10. The molecule has 27 heavy (non-hydrogen) atoms. The Balaban J connectivity index is 1.44. The number of nitrogens with zero attached hydrogens (tertiary/aromatic N) is 2. The van der Waals surface area contributed by atoms with Gasteiger partial charge in [-0.1, -0.05) is 40.2 Å². The van der Waals surface area contributed by atoms with Gasteiger partial charge >= 0.3 is 5.97 Å². The Morgan fingerprint density at radius 2 is 1.67 bits per heavy atom. The average Bonchev–Trinajstić information content (AvgIpc) is 3.26. The van der Waals surface area contributed by atoms with Crippen molar-refractivity contribution in [3.63, 3.8) is 0 Å². The first-order chi connectivity index (χ1) is 13.0. The molecule has 0 spiro atoms. The van der Waals surface area contributed by atoms with E-state index >= 15 is 0 Å². The zero-order chi connectivity index (χ0) is 19.0. The van der Waals surface area contributed by atoms with Crippen LogP contribution < -0.4 is 0 Å². The fourth-order valence-corrected chi connectivity index (χ4v) is 3.02. The van der Waals surface area contributed by atoms with Crippen molar-refractivity contribution in [2.24, 2.45) is 0 Å². The van der Waals surface area contributed by atoms with Crippen LogP contribution in [0.4, 0.5) is 0 Å². The van der Waals surface area contributed by atoms with Gasteiger partial charge in [0.2, 0.25) is 0 Å². The first-order valence-electron chi connectivity index (χ1n) is 7.98. The van der Waals surface area contributed by atoms with Crippen LogP contribution in [0.15, 0.2) is 59.1 Å². The van der Waals surface area contributed by atoms with Gasteiger partial charge in [-0.05, 0) is 30.3 Å². The first-order valence-corrected chi connectivity index (χ1v) is 8.77. The number of rotatable bonds is 4. The largest absolute Gasteiger partial charge is 0.439 e. The number of carbonyl (C=O) groups excluding carboxylic acids is 3. The molecular formula is C19H12BrN3O4. The van der Waals surface area contributed by atoms with Crippen molar-refractivity contribution < 1.29 is 19.1 Å². The number of hydrogen-bond donors (Lipinski definition) is 1. The maximum atomic E-state index is 12.3. The number of fused-ring (bicyclic) bond motifs is 1.